The Morgan fingerprint density at radius 3 is 2.56 bits per heavy atom. The van der Waals surface area contributed by atoms with Crippen LogP contribution in [-0.4, -0.2) is 0 Å². The van der Waals surface area contributed by atoms with Crippen LogP contribution in [0.15, 0.2) is 40.9 Å². The molecule has 0 aliphatic heterocycles. The summed E-state index contributed by atoms with van der Waals surface area (Å²) in [5.74, 6) is -0.714. The maximum Gasteiger partial charge on any atom is 0.139 e. The van der Waals surface area contributed by atoms with Crippen molar-refractivity contribution in [3.8, 4) is 0 Å². The molecule has 0 amide bonds. The number of nitrogen functional groups attached to an aromatic ring is 1. The summed E-state index contributed by atoms with van der Waals surface area (Å²) in [7, 11) is 0. The quantitative estimate of drug-likeness (QED) is 0.843. The lowest BCUT2D eigenvalue weighted by Gasteiger charge is -2.11. The van der Waals surface area contributed by atoms with Crippen molar-refractivity contribution in [1.29, 1.82) is 0 Å². The van der Waals surface area contributed by atoms with Crippen LogP contribution in [0.4, 0.5) is 20.2 Å². The summed E-state index contributed by atoms with van der Waals surface area (Å²) >= 11 is 3.08. The predicted molar refractivity (Wildman–Crippen MR) is 72.2 cm³/mol. The van der Waals surface area contributed by atoms with Crippen molar-refractivity contribution in [3.63, 3.8) is 0 Å². The average Bonchev–Trinajstić information content (AvgIpc) is 2.34. The van der Waals surface area contributed by atoms with Crippen molar-refractivity contribution < 1.29 is 8.78 Å². The van der Waals surface area contributed by atoms with Crippen LogP contribution in [0.3, 0.4) is 0 Å². The topological polar surface area (TPSA) is 38.0 Å². The minimum Gasteiger partial charge on any atom is -0.397 e. The first-order valence-corrected chi connectivity index (χ1v) is 6.09. The summed E-state index contributed by atoms with van der Waals surface area (Å²) in [5, 5.41) is 2.98. The van der Waals surface area contributed by atoms with Crippen LogP contribution < -0.4 is 11.1 Å². The lowest BCUT2D eigenvalue weighted by molar-refractivity contribution is 0.612. The molecule has 2 aromatic rings. The average molecular weight is 313 g/mol. The zero-order chi connectivity index (χ0) is 13.1. The third kappa shape index (κ3) is 2.79. The minimum atomic E-state index is -0.427. The van der Waals surface area contributed by atoms with E-state index >= 15 is 0 Å². The molecule has 0 bridgehead atoms. The zero-order valence-corrected chi connectivity index (χ0v) is 11.0. The van der Waals surface area contributed by atoms with Crippen molar-refractivity contribution in [2.75, 3.05) is 11.1 Å². The van der Waals surface area contributed by atoms with Crippen molar-refractivity contribution >= 4 is 27.3 Å². The van der Waals surface area contributed by atoms with E-state index in [1.165, 1.54) is 18.2 Å². The van der Waals surface area contributed by atoms with E-state index < -0.39 is 5.82 Å². The van der Waals surface area contributed by atoms with Gasteiger partial charge in [-0.05, 0) is 28.1 Å². The fourth-order valence-corrected chi connectivity index (χ4v) is 1.89. The van der Waals surface area contributed by atoms with Gasteiger partial charge in [-0.1, -0.05) is 18.2 Å². The first-order chi connectivity index (χ1) is 8.58. The molecule has 0 heterocycles. The zero-order valence-electron chi connectivity index (χ0n) is 9.38. The number of rotatable bonds is 3. The van der Waals surface area contributed by atoms with Crippen LogP contribution in [0.25, 0.3) is 0 Å². The van der Waals surface area contributed by atoms with E-state index in [0.717, 1.165) is 0 Å². The number of benzene rings is 2. The van der Waals surface area contributed by atoms with Gasteiger partial charge in [-0.15, -0.1) is 0 Å². The van der Waals surface area contributed by atoms with Gasteiger partial charge in [-0.25, -0.2) is 8.78 Å². The summed E-state index contributed by atoms with van der Waals surface area (Å²) in [4.78, 5) is 0. The van der Waals surface area contributed by atoms with Gasteiger partial charge in [-0.2, -0.15) is 0 Å². The first-order valence-electron chi connectivity index (χ1n) is 5.29. The van der Waals surface area contributed by atoms with Gasteiger partial charge in [0.2, 0.25) is 0 Å². The van der Waals surface area contributed by atoms with Gasteiger partial charge in [0.1, 0.15) is 11.6 Å². The molecule has 0 aliphatic carbocycles. The van der Waals surface area contributed by atoms with Crippen molar-refractivity contribution in [1.82, 2.24) is 0 Å². The molecule has 0 saturated heterocycles. The third-order valence-corrected chi connectivity index (χ3v) is 3.13. The van der Waals surface area contributed by atoms with Crippen molar-refractivity contribution in [2.24, 2.45) is 0 Å². The third-order valence-electron chi connectivity index (χ3n) is 2.52. The summed E-state index contributed by atoms with van der Waals surface area (Å²) < 4.78 is 26.9. The molecule has 0 spiro atoms. The number of hydrogen-bond donors (Lipinski definition) is 2. The van der Waals surface area contributed by atoms with Crippen molar-refractivity contribution in [3.05, 3.63) is 58.1 Å². The summed E-state index contributed by atoms with van der Waals surface area (Å²) in [6.45, 7) is 0.287. The molecule has 2 aromatic carbocycles. The Balaban J connectivity index is 2.16. The molecule has 0 unspecified atom stereocenters. The molecule has 0 radical (unpaired) electrons. The van der Waals surface area contributed by atoms with Crippen LogP contribution in [0.5, 0.6) is 0 Å². The Hall–Kier alpha value is -1.62. The van der Waals surface area contributed by atoms with E-state index in [9.17, 15) is 8.78 Å². The Kier molecular flexibility index (Phi) is 3.81. The lowest BCUT2D eigenvalue weighted by atomic mass is 10.2. The number of hydrogen-bond acceptors (Lipinski definition) is 2. The van der Waals surface area contributed by atoms with Gasteiger partial charge < -0.3 is 11.1 Å². The number of anilines is 2. The van der Waals surface area contributed by atoms with E-state index in [1.54, 1.807) is 18.2 Å². The number of nitrogens with two attached hydrogens (primary N) is 1. The molecule has 0 fully saturated rings. The van der Waals surface area contributed by atoms with Gasteiger partial charge in [0, 0.05) is 18.2 Å². The Bertz CT molecular complexity index is 573. The highest BCUT2D eigenvalue weighted by atomic mass is 79.9. The molecule has 5 heteroatoms. The van der Waals surface area contributed by atoms with Crippen LogP contribution in [0, 0.1) is 11.6 Å². The molecule has 94 valence electrons. The standard InChI is InChI=1S/C13H11BrF2N2/c14-9-5-13(12(17)6-11(9)16)18-7-8-3-1-2-4-10(8)15/h1-6,18H,7,17H2. The highest BCUT2D eigenvalue weighted by molar-refractivity contribution is 9.10. The maximum atomic E-state index is 13.4. The minimum absolute atomic E-state index is 0.284. The molecular formula is C13H11BrF2N2. The highest BCUT2D eigenvalue weighted by Crippen LogP contribution is 2.27. The first kappa shape index (κ1) is 12.8. The largest absolute Gasteiger partial charge is 0.397 e. The van der Waals surface area contributed by atoms with Crippen LogP contribution in [0.2, 0.25) is 0 Å². The van der Waals surface area contributed by atoms with Gasteiger partial charge in [0.05, 0.1) is 15.8 Å². The fourth-order valence-electron chi connectivity index (χ4n) is 1.55. The van der Waals surface area contributed by atoms with Crippen LogP contribution in [0.1, 0.15) is 5.56 Å². The van der Waals surface area contributed by atoms with Gasteiger partial charge in [-0.3, -0.25) is 0 Å². The Morgan fingerprint density at radius 1 is 1.11 bits per heavy atom. The van der Waals surface area contributed by atoms with Gasteiger partial charge in [0.15, 0.2) is 0 Å². The van der Waals surface area contributed by atoms with Crippen LogP contribution in [-0.2, 0) is 6.54 Å². The molecule has 0 aromatic heterocycles. The molecule has 2 rings (SSSR count). The second-order valence-electron chi connectivity index (χ2n) is 3.80. The SMILES string of the molecule is Nc1cc(F)c(Br)cc1NCc1ccccc1F. The van der Waals surface area contributed by atoms with E-state index in [1.807, 2.05) is 0 Å². The predicted octanol–water partition coefficient (Wildman–Crippen LogP) is 3.92. The van der Waals surface area contributed by atoms with E-state index in [-0.39, 0.29) is 18.0 Å². The molecule has 0 aliphatic rings. The number of halogens is 3. The van der Waals surface area contributed by atoms with E-state index in [2.05, 4.69) is 21.2 Å². The molecular weight excluding hydrogens is 302 g/mol. The molecule has 2 nitrogen and oxygen atoms in total. The van der Waals surface area contributed by atoms with E-state index in [0.29, 0.717) is 15.7 Å². The van der Waals surface area contributed by atoms with E-state index in [4.69, 9.17) is 5.73 Å². The second kappa shape index (κ2) is 5.35. The normalized spacial score (nSPS) is 10.4. The number of nitrogens with one attached hydrogen (secondary N) is 1. The summed E-state index contributed by atoms with van der Waals surface area (Å²) in [6, 6.07) is 9.20. The molecule has 0 saturated carbocycles. The fraction of sp³-hybridized carbons (Fsp3) is 0.0769. The highest BCUT2D eigenvalue weighted by Gasteiger charge is 2.06. The Morgan fingerprint density at radius 2 is 1.83 bits per heavy atom. The van der Waals surface area contributed by atoms with Gasteiger partial charge >= 0.3 is 0 Å². The molecule has 0 atom stereocenters. The monoisotopic (exact) mass is 312 g/mol. The van der Waals surface area contributed by atoms with Gasteiger partial charge in [0.25, 0.3) is 0 Å². The van der Waals surface area contributed by atoms with Crippen LogP contribution >= 0.6 is 15.9 Å². The summed E-state index contributed by atoms with van der Waals surface area (Å²) in [6.07, 6.45) is 0. The summed E-state index contributed by atoms with van der Waals surface area (Å²) in [5.41, 5.74) is 7.05. The second-order valence-corrected chi connectivity index (χ2v) is 4.65. The maximum absolute atomic E-state index is 13.4. The lowest BCUT2D eigenvalue weighted by Crippen LogP contribution is -2.04. The molecule has 3 N–H and O–H groups in total. The smallest absolute Gasteiger partial charge is 0.139 e. The Labute approximate surface area is 112 Å². The molecule has 18 heavy (non-hydrogen) atoms. The van der Waals surface area contributed by atoms with Crippen molar-refractivity contribution in [2.45, 2.75) is 6.54 Å².